The van der Waals surface area contributed by atoms with Crippen molar-refractivity contribution in [3.8, 4) is 0 Å². The van der Waals surface area contributed by atoms with Crippen molar-refractivity contribution in [2.24, 2.45) is 0 Å². The van der Waals surface area contributed by atoms with Crippen molar-refractivity contribution < 1.29 is 8.42 Å². The molecule has 0 bridgehead atoms. The van der Waals surface area contributed by atoms with Crippen LogP contribution in [0.25, 0.3) is 10.9 Å². The number of rotatable bonds is 3. The van der Waals surface area contributed by atoms with E-state index in [0.29, 0.717) is 0 Å². The van der Waals surface area contributed by atoms with Gasteiger partial charge in [0.25, 0.3) is 0 Å². The van der Waals surface area contributed by atoms with Crippen LogP contribution in [0.5, 0.6) is 0 Å². The Bertz CT molecular complexity index is 1030. The predicted octanol–water partition coefficient (Wildman–Crippen LogP) is 1.15. The topological polar surface area (TPSA) is 92.2 Å². The fourth-order valence-electron chi connectivity index (χ4n) is 3.08. The van der Waals surface area contributed by atoms with Crippen molar-refractivity contribution in [2.75, 3.05) is 42.2 Å². The summed E-state index contributed by atoms with van der Waals surface area (Å²) in [5.41, 5.74) is 0.733. The first kappa shape index (κ1) is 16.6. The maximum Gasteiger partial charge on any atom is 0.225 e. The van der Waals surface area contributed by atoms with Gasteiger partial charge in [0.15, 0.2) is 9.84 Å². The third-order valence-electron chi connectivity index (χ3n) is 4.43. The number of hydrogen-bond acceptors (Lipinski definition) is 8. The van der Waals surface area contributed by atoms with E-state index in [0.717, 1.165) is 48.8 Å². The lowest BCUT2D eigenvalue weighted by Gasteiger charge is -2.35. The van der Waals surface area contributed by atoms with Gasteiger partial charge in [0.05, 0.1) is 10.4 Å². The summed E-state index contributed by atoms with van der Waals surface area (Å²) in [5, 5.41) is 0.750. The largest absolute Gasteiger partial charge is 0.352 e. The molecule has 0 amide bonds. The second kappa shape index (κ2) is 6.49. The number of nitrogens with zero attached hydrogens (tertiary/aromatic N) is 6. The Morgan fingerprint density at radius 3 is 2.31 bits per heavy atom. The van der Waals surface area contributed by atoms with Gasteiger partial charge in [-0.15, -0.1) is 0 Å². The Morgan fingerprint density at radius 1 is 0.923 bits per heavy atom. The molecular formula is C17H18N6O2S. The van der Waals surface area contributed by atoms with E-state index in [-0.39, 0.29) is 4.90 Å². The molecule has 0 aliphatic carbocycles. The minimum absolute atomic E-state index is 0.275. The van der Waals surface area contributed by atoms with Gasteiger partial charge in [-0.2, -0.15) is 0 Å². The molecule has 0 radical (unpaired) electrons. The second-order valence-corrected chi connectivity index (χ2v) is 8.19. The minimum atomic E-state index is -3.29. The van der Waals surface area contributed by atoms with E-state index in [2.05, 4.69) is 29.7 Å². The molecule has 1 saturated heterocycles. The number of piperazine rings is 1. The van der Waals surface area contributed by atoms with E-state index in [1.54, 1.807) is 36.7 Å². The lowest BCUT2D eigenvalue weighted by Crippen LogP contribution is -2.47. The highest BCUT2D eigenvalue weighted by Gasteiger charge is 2.22. The minimum Gasteiger partial charge on any atom is -0.352 e. The van der Waals surface area contributed by atoms with Crippen LogP contribution in [0.4, 0.5) is 11.8 Å². The number of aromatic nitrogens is 4. The predicted molar refractivity (Wildman–Crippen MR) is 99.1 cm³/mol. The molecule has 1 aliphatic rings. The summed E-state index contributed by atoms with van der Waals surface area (Å²) in [6.45, 7) is 3.02. The molecule has 4 rings (SSSR count). The average Bonchev–Trinajstić information content (AvgIpc) is 2.67. The molecule has 3 heterocycles. The first-order valence-electron chi connectivity index (χ1n) is 8.24. The van der Waals surface area contributed by atoms with Gasteiger partial charge < -0.3 is 9.80 Å². The molecule has 2 aromatic heterocycles. The van der Waals surface area contributed by atoms with Gasteiger partial charge >= 0.3 is 0 Å². The zero-order chi connectivity index (χ0) is 18.1. The van der Waals surface area contributed by atoms with Crippen molar-refractivity contribution in [3.63, 3.8) is 0 Å². The third kappa shape index (κ3) is 3.17. The standard InChI is InChI=1S/C17H18N6O2S/c1-26(24,25)13-3-4-15-14(11-13)16(21-12-20-15)22-7-9-23(10-8-22)17-18-5-2-6-19-17/h2-6,11-12H,7-10H2,1H3. The number of fused-ring (bicyclic) bond motifs is 1. The first-order valence-corrected chi connectivity index (χ1v) is 10.1. The molecule has 9 heteroatoms. The Labute approximate surface area is 151 Å². The summed E-state index contributed by atoms with van der Waals surface area (Å²) in [7, 11) is -3.29. The lowest BCUT2D eigenvalue weighted by molar-refractivity contribution is 0.602. The van der Waals surface area contributed by atoms with Gasteiger partial charge in [-0.3, -0.25) is 0 Å². The van der Waals surface area contributed by atoms with Crippen LogP contribution in [0.15, 0.2) is 47.9 Å². The van der Waals surface area contributed by atoms with Gasteiger partial charge in [-0.1, -0.05) is 0 Å². The van der Waals surface area contributed by atoms with Crippen molar-refractivity contribution >= 4 is 32.5 Å². The van der Waals surface area contributed by atoms with E-state index in [4.69, 9.17) is 0 Å². The molecule has 0 atom stereocenters. The van der Waals surface area contributed by atoms with E-state index in [9.17, 15) is 8.42 Å². The van der Waals surface area contributed by atoms with Crippen LogP contribution in [-0.4, -0.2) is 60.8 Å². The lowest BCUT2D eigenvalue weighted by atomic mass is 10.2. The molecule has 0 N–H and O–H groups in total. The molecule has 8 nitrogen and oxygen atoms in total. The van der Waals surface area contributed by atoms with Crippen LogP contribution < -0.4 is 9.80 Å². The maximum absolute atomic E-state index is 11.9. The summed E-state index contributed by atoms with van der Waals surface area (Å²) < 4.78 is 23.8. The van der Waals surface area contributed by atoms with Crippen LogP contribution >= 0.6 is 0 Å². The van der Waals surface area contributed by atoms with Gasteiger partial charge in [-0.25, -0.2) is 28.4 Å². The average molecular weight is 370 g/mol. The molecule has 26 heavy (non-hydrogen) atoms. The van der Waals surface area contributed by atoms with Crippen LogP contribution in [0.3, 0.4) is 0 Å². The van der Waals surface area contributed by atoms with Crippen LogP contribution in [0, 0.1) is 0 Å². The zero-order valence-corrected chi connectivity index (χ0v) is 15.1. The Hall–Kier alpha value is -2.81. The summed E-state index contributed by atoms with van der Waals surface area (Å²) >= 11 is 0. The Kier molecular flexibility index (Phi) is 4.15. The fraction of sp³-hybridized carbons (Fsp3) is 0.294. The molecule has 0 spiro atoms. The summed E-state index contributed by atoms with van der Waals surface area (Å²) in [6.07, 6.45) is 6.19. The quantitative estimate of drug-likeness (QED) is 0.678. The second-order valence-electron chi connectivity index (χ2n) is 6.17. The Balaban J connectivity index is 1.63. The SMILES string of the molecule is CS(=O)(=O)c1ccc2ncnc(N3CCN(c4ncccn4)CC3)c2c1. The zero-order valence-electron chi connectivity index (χ0n) is 14.3. The first-order chi connectivity index (χ1) is 12.5. The molecule has 134 valence electrons. The van der Waals surface area contributed by atoms with Crippen molar-refractivity contribution in [2.45, 2.75) is 4.90 Å². The summed E-state index contributed by atoms with van der Waals surface area (Å²) in [6, 6.07) is 6.77. The summed E-state index contributed by atoms with van der Waals surface area (Å²) in [4.78, 5) is 21.8. The monoisotopic (exact) mass is 370 g/mol. The van der Waals surface area contributed by atoms with E-state index >= 15 is 0 Å². The smallest absolute Gasteiger partial charge is 0.225 e. The van der Waals surface area contributed by atoms with Crippen molar-refractivity contribution in [1.29, 1.82) is 0 Å². The number of benzene rings is 1. The molecule has 3 aromatic rings. The maximum atomic E-state index is 11.9. The van der Waals surface area contributed by atoms with Crippen molar-refractivity contribution in [3.05, 3.63) is 43.0 Å². The van der Waals surface area contributed by atoms with E-state index in [1.165, 1.54) is 12.6 Å². The van der Waals surface area contributed by atoms with Gasteiger partial charge in [-0.05, 0) is 24.3 Å². The molecule has 1 fully saturated rings. The van der Waals surface area contributed by atoms with Crippen LogP contribution in [0.1, 0.15) is 0 Å². The highest BCUT2D eigenvalue weighted by atomic mass is 32.2. The molecule has 0 saturated carbocycles. The van der Waals surface area contributed by atoms with Crippen LogP contribution in [0.2, 0.25) is 0 Å². The number of sulfone groups is 1. The van der Waals surface area contributed by atoms with E-state index < -0.39 is 9.84 Å². The van der Waals surface area contributed by atoms with Crippen LogP contribution in [-0.2, 0) is 9.84 Å². The number of hydrogen-bond donors (Lipinski definition) is 0. The summed E-state index contributed by atoms with van der Waals surface area (Å²) in [5.74, 6) is 1.48. The molecule has 0 unspecified atom stereocenters. The fourth-order valence-corrected chi connectivity index (χ4v) is 3.72. The molecule has 1 aromatic carbocycles. The van der Waals surface area contributed by atoms with Gasteiger partial charge in [0, 0.05) is 50.2 Å². The third-order valence-corrected chi connectivity index (χ3v) is 5.54. The number of anilines is 2. The highest BCUT2D eigenvalue weighted by Crippen LogP contribution is 2.26. The normalized spacial score (nSPS) is 15.4. The van der Waals surface area contributed by atoms with Crippen molar-refractivity contribution in [1.82, 2.24) is 19.9 Å². The highest BCUT2D eigenvalue weighted by molar-refractivity contribution is 7.90. The van der Waals surface area contributed by atoms with Gasteiger partial charge in [0.2, 0.25) is 5.95 Å². The van der Waals surface area contributed by atoms with E-state index in [1.807, 2.05) is 0 Å². The molecular weight excluding hydrogens is 352 g/mol. The molecule has 1 aliphatic heterocycles. The van der Waals surface area contributed by atoms with Gasteiger partial charge in [0.1, 0.15) is 12.1 Å². The Morgan fingerprint density at radius 2 is 1.62 bits per heavy atom.